The van der Waals surface area contributed by atoms with E-state index in [1.807, 2.05) is 129 Å². The number of nitrogens with zero attached hydrogens (tertiary/aromatic N) is 8. The van der Waals surface area contributed by atoms with Crippen molar-refractivity contribution in [1.29, 1.82) is 0 Å². The van der Waals surface area contributed by atoms with Gasteiger partial charge in [-0.15, -0.1) is 10.2 Å². The van der Waals surface area contributed by atoms with Gasteiger partial charge in [-0.25, -0.2) is 9.36 Å². The quantitative estimate of drug-likeness (QED) is 0.0813. The molecule has 0 aromatic carbocycles. The molecule has 0 N–H and O–H groups in total. The molecule has 562 valence electrons. The topological polar surface area (TPSA) is 248 Å². The number of carbonyl (C=O) groups is 4. The summed E-state index contributed by atoms with van der Waals surface area (Å²) in [5.41, 5.74) is 4.05. The molecule has 4 aromatic heterocycles. The van der Waals surface area contributed by atoms with Gasteiger partial charge in [0.2, 0.25) is 0 Å². The number of carbonyl (C=O) groups excluding carboxylic acids is 4. The van der Waals surface area contributed by atoms with Crippen molar-refractivity contribution in [3.8, 4) is 0 Å². The van der Waals surface area contributed by atoms with Gasteiger partial charge >= 0.3 is 83.0 Å². The summed E-state index contributed by atoms with van der Waals surface area (Å²) in [7, 11) is 0. The van der Waals surface area contributed by atoms with E-state index >= 15 is 0 Å². The van der Waals surface area contributed by atoms with Crippen LogP contribution in [0.15, 0.2) is 156 Å². The maximum absolute atomic E-state index is 11.3. The number of pyridine rings is 2. The third-order valence-electron chi connectivity index (χ3n) is 10.4. The van der Waals surface area contributed by atoms with Crippen LogP contribution in [-0.2, 0) is 65.8 Å². The summed E-state index contributed by atoms with van der Waals surface area (Å²) in [5.74, 6) is -22.6. The van der Waals surface area contributed by atoms with E-state index in [1.54, 1.807) is 35.9 Å². The summed E-state index contributed by atoms with van der Waals surface area (Å²) in [6.07, 6.45) is -40.5. The molecule has 4 aliphatic rings. The predicted molar refractivity (Wildman–Crippen MR) is 315 cm³/mol. The average molecular weight is 1730 g/mol. The average Bonchev–Trinajstić information content (AvgIpc) is 1.67. The van der Waals surface area contributed by atoms with Crippen LogP contribution in [0, 0.1) is 0 Å². The van der Waals surface area contributed by atoms with Crippen molar-refractivity contribution in [3.63, 3.8) is 0 Å². The van der Waals surface area contributed by atoms with Crippen LogP contribution in [0.3, 0.4) is 0 Å². The van der Waals surface area contributed by atoms with Gasteiger partial charge in [0.25, 0.3) is 23.1 Å². The minimum atomic E-state index is -5.46. The van der Waals surface area contributed by atoms with Gasteiger partial charge in [0.05, 0.1) is 65.2 Å². The van der Waals surface area contributed by atoms with Crippen molar-refractivity contribution in [1.82, 2.24) is 40.0 Å². The number of hydrogen-bond donors (Lipinski definition) is 0. The Morgan fingerprint density at radius 1 is 0.382 bits per heavy atom. The van der Waals surface area contributed by atoms with Crippen molar-refractivity contribution in [2.45, 2.75) is 90.2 Å². The van der Waals surface area contributed by atoms with Crippen LogP contribution < -0.4 is 20.4 Å². The summed E-state index contributed by atoms with van der Waals surface area (Å²) in [6, 6.07) is 11.8. The molecule has 8 rings (SSSR count). The number of allylic oxidation sites excluding steroid dienone is 12. The molecular weight excluding hydrogens is 1690 g/mol. The molecule has 4 aromatic rings. The fourth-order valence-electron chi connectivity index (χ4n) is 5.52. The van der Waals surface area contributed by atoms with Crippen LogP contribution in [0.4, 0.5) is 105 Å². The predicted octanol–water partition coefficient (Wildman–Crippen LogP) is 14.4. The normalized spacial score (nSPS) is 15.8. The van der Waals surface area contributed by atoms with Crippen molar-refractivity contribution in [2.24, 2.45) is 0 Å². The number of ketones is 4. The van der Waals surface area contributed by atoms with E-state index in [9.17, 15) is 145 Å². The SMILES string of the molecule is CC1=C(C)SC(=C2SC=C(c3cnnn3Cc3ccccn3)S2)S1.CC1=C(C)SC(=C2SC=C(c3cnnn3Cc3ccccn3)S2)S1.O=C(/C=C(\[O-])C(F)(F)F)C(F)(F)F.O=C(/C=C(\[O-])C(F)(F)F)C(F)(F)F.O=C(/C=C(\[O-])C(F)(F)F)C(F)(F)F.O=C(/C=C(\[O-])C(F)(F)F)C(F)(F)F.[Co+2].[Co+2]. The first-order valence-corrected chi connectivity index (χ1v) is 31.8. The molecule has 0 bridgehead atoms. The number of hydrogen-bond acceptors (Lipinski definition) is 22. The Morgan fingerprint density at radius 2 is 0.627 bits per heavy atom. The standard InChI is InChI=1S/2C16H14N4S4.4C5H2F6O2.2Co/c2*1-10-11(2)23-16(22-10)15-21-9-14(24-15)13-7-18-19-20(13)8-12-5-3-4-6-17-12;4*6-4(7,8)2(12)1-3(13)5(9,10)11;;/h2*3-7,9H,8H2,1-2H3;4*1,12H;;/q;;;;;;2*+2/p-4/b;;4*2-1-;;. The van der Waals surface area contributed by atoms with Crippen molar-refractivity contribution in [3.05, 3.63) is 179 Å². The molecule has 0 aliphatic carbocycles. The van der Waals surface area contributed by atoms with Crippen molar-refractivity contribution < 1.29 is 179 Å². The van der Waals surface area contributed by atoms with Crippen LogP contribution in [0.5, 0.6) is 0 Å². The van der Waals surface area contributed by atoms with Crippen LogP contribution >= 0.6 is 94.1 Å². The maximum Gasteiger partial charge on any atom is 2.00 e. The molecule has 102 heavy (non-hydrogen) atoms. The Labute approximate surface area is 610 Å². The van der Waals surface area contributed by atoms with Gasteiger partial charge in [-0.3, -0.25) is 29.1 Å². The molecule has 0 spiro atoms. The van der Waals surface area contributed by atoms with Gasteiger partial charge in [-0.05, 0) is 130 Å². The summed E-state index contributed by atoms with van der Waals surface area (Å²) < 4.78 is 280. The number of rotatable bonds is 10. The summed E-state index contributed by atoms with van der Waals surface area (Å²) >= 11 is 14.7. The summed E-state index contributed by atoms with van der Waals surface area (Å²) in [4.78, 5) is 56.0. The molecule has 0 saturated carbocycles. The number of thioether (sulfide) groups is 8. The molecule has 0 unspecified atom stereocenters. The van der Waals surface area contributed by atoms with Crippen LogP contribution in [0.2, 0.25) is 0 Å². The van der Waals surface area contributed by atoms with Crippen molar-refractivity contribution >= 4 is 127 Å². The van der Waals surface area contributed by atoms with E-state index in [-0.39, 0.29) is 33.6 Å². The molecule has 0 fully saturated rings. The smallest absolute Gasteiger partial charge is 0.869 e. The Balaban J connectivity index is 0.000000628. The molecule has 0 amide bonds. The number of aromatic nitrogens is 8. The largest absolute Gasteiger partial charge is 2.00 e. The van der Waals surface area contributed by atoms with Crippen LogP contribution in [-0.4, -0.2) is 112 Å². The van der Waals surface area contributed by atoms with Gasteiger partial charge < -0.3 is 20.4 Å². The molecule has 0 saturated heterocycles. The minimum absolute atomic E-state index is 0. The molecular formula is C52H32Co2F24N8O8S8. The van der Waals surface area contributed by atoms with Gasteiger partial charge in [0.15, 0.2) is 0 Å². The Morgan fingerprint density at radius 3 is 0.833 bits per heavy atom. The second-order valence-electron chi connectivity index (χ2n) is 17.9. The second kappa shape index (κ2) is 39.4. The van der Waals surface area contributed by atoms with Gasteiger partial charge in [0, 0.05) is 22.2 Å². The maximum atomic E-state index is 11.3. The fraction of sp³-hybridized carbons (Fsp3) is 0.269. The zero-order valence-corrected chi connectivity index (χ0v) is 58.1. The van der Waals surface area contributed by atoms with E-state index in [4.69, 9.17) is 0 Å². The van der Waals surface area contributed by atoms with E-state index < -0.39 is 120 Å². The molecule has 0 atom stereocenters. The first kappa shape index (κ1) is 94.0. The first-order valence-electron chi connectivity index (χ1n) is 25.1. The third kappa shape index (κ3) is 31.8. The number of alkyl halides is 24. The molecule has 8 heterocycles. The van der Waals surface area contributed by atoms with Crippen LogP contribution in [0.1, 0.15) is 50.5 Å². The fourth-order valence-corrected chi connectivity index (χ4v) is 15.8. The van der Waals surface area contributed by atoms with Crippen molar-refractivity contribution in [2.75, 3.05) is 0 Å². The van der Waals surface area contributed by atoms with E-state index in [1.165, 1.54) is 46.4 Å². The van der Waals surface area contributed by atoms with E-state index in [2.05, 4.69) is 69.1 Å². The molecule has 16 nitrogen and oxygen atoms in total. The van der Waals surface area contributed by atoms with E-state index in [0.29, 0.717) is 13.1 Å². The third-order valence-corrected chi connectivity index (χ3v) is 21.5. The summed E-state index contributed by atoms with van der Waals surface area (Å²) in [6.45, 7) is 10.0. The van der Waals surface area contributed by atoms with E-state index in [0.717, 1.165) is 22.8 Å². The van der Waals surface area contributed by atoms with Gasteiger partial charge in [-0.2, -0.15) is 105 Å². The molecule has 2 radical (unpaired) electrons. The van der Waals surface area contributed by atoms with Gasteiger partial charge in [0.1, 0.15) is 0 Å². The molecule has 4 aliphatic heterocycles. The second-order valence-corrected chi connectivity index (χ2v) is 27.7. The summed E-state index contributed by atoms with van der Waals surface area (Å²) in [5, 5.41) is 60.3. The monoisotopic (exact) mass is 1730 g/mol. The zero-order chi connectivity index (χ0) is 76.5. The Bertz CT molecular complexity index is 3550. The first-order chi connectivity index (χ1) is 45.6. The minimum Gasteiger partial charge on any atom is -0.869 e. The Hall–Kier alpha value is -6.01. The van der Waals surface area contributed by atoms with Gasteiger partial charge in [-0.1, -0.05) is 117 Å². The number of halogens is 24. The molecule has 50 heteroatoms. The zero-order valence-electron chi connectivity index (χ0n) is 49.5. The Kier molecular flexibility index (Phi) is 36.3. The van der Waals surface area contributed by atoms with Crippen LogP contribution in [0.25, 0.3) is 9.81 Å².